The van der Waals surface area contributed by atoms with Gasteiger partial charge in [0, 0.05) is 0 Å². The molecule has 0 bridgehead atoms. The minimum Gasteiger partial charge on any atom is -0.495 e. The lowest BCUT2D eigenvalue weighted by Gasteiger charge is -2.12. The van der Waals surface area contributed by atoms with Crippen LogP contribution in [0.4, 0.5) is 5.69 Å². The number of hydrogen-bond acceptors (Lipinski definition) is 5. The predicted molar refractivity (Wildman–Crippen MR) is 79.8 cm³/mol. The molecule has 6 nitrogen and oxygen atoms in total. The number of aryl methyl sites for hydroxylation is 1. The van der Waals surface area contributed by atoms with Crippen molar-refractivity contribution in [3.63, 3.8) is 0 Å². The number of benzene rings is 1. The summed E-state index contributed by atoms with van der Waals surface area (Å²) < 4.78 is 32.1. The third kappa shape index (κ3) is 3.17. The standard InChI is InChI=1S/C13H13NO5S2/c1-8-3-4-9(10(7-8)19-2)14-21(17,18)11-5-6-20-12(11)13(15)16/h3-7,14H,1-2H3,(H,15,16). The van der Waals surface area contributed by atoms with E-state index in [2.05, 4.69) is 4.72 Å². The van der Waals surface area contributed by atoms with Crippen LogP contribution in [0.1, 0.15) is 15.2 Å². The Morgan fingerprint density at radius 1 is 1.33 bits per heavy atom. The minimum atomic E-state index is -3.99. The molecule has 1 aromatic heterocycles. The molecule has 0 unspecified atom stereocenters. The molecule has 2 N–H and O–H groups in total. The zero-order chi connectivity index (χ0) is 15.6. The van der Waals surface area contributed by atoms with E-state index < -0.39 is 16.0 Å². The first-order valence-electron chi connectivity index (χ1n) is 5.83. The minimum absolute atomic E-state index is 0.228. The number of methoxy groups -OCH3 is 1. The van der Waals surface area contributed by atoms with E-state index >= 15 is 0 Å². The molecule has 0 atom stereocenters. The smallest absolute Gasteiger partial charge is 0.347 e. The third-order valence-electron chi connectivity index (χ3n) is 2.71. The van der Waals surface area contributed by atoms with Crippen LogP contribution in [0.5, 0.6) is 5.75 Å². The maximum absolute atomic E-state index is 12.3. The van der Waals surface area contributed by atoms with Gasteiger partial charge in [0.1, 0.15) is 15.5 Å². The number of nitrogens with one attached hydrogen (secondary N) is 1. The van der Waals surface area contributed by atoms with Gasteiger partial charge in [0.2, 0.25) is 0 Å². The van der Waals surface area contributed by atoms with E-state index in [-0.39, 0.29) is 15.5 Å². The lowest BCUT2D eigenvalue weighted by atomic mass is 10.2. The zero-order valence-corrected chi connectivity index (χ0v) is 12.9. The summed E-state index contributed by atoms with van der Waals surface area (Å²) in [4.78, 5) is 10.6. The second-order valence-corrected chi connectivity index (χ2v) is 6.80. The van der Waals surface area contributed by atoms with E-state index in [1.165, 1.54) is 18.6 Å². The van der Waals surface area contributed by atoms with Crippen molar-refractivity contribution in [1.82, 2.24) is 0 Å². The summed E-state index contributed by atoms with van der Waals surface area (Å²) in [5.41, 5.74) is 1.17. The van der Waals surface area contributed by atoms with Crippen molar-refractivity contribution in [3.8, 4) is 5.75 Å². The number of carbonyl (C=O) groups is 1. The van der Waals surface area contributed by atoms with Crippen LogP contribution in [0.2, 0.25) is 0 Å². The molecule has 112 valence electrons. The van der Waals surface area contributed by atoms with E-state index in [1.807, 2.05) is 6.92 Å². The average molecular weight is 327 g/mol. The summed E-state index contributed by atoms with van der Waals surface area (Å²) in [6.07, 6.45) is 0. The van der Waals surface area contributed by atoms with Gasteiger partial charge in [-0.25, -0.2) is 13.2 Å². The molecule has 0 saturated carbocycles. The average Bonchev–Trinajstić information content (AvgIpc) is 2.91. The number of ether oxygens (including phenoxy) is 1. The zero-order valence-electron chi connectivity index (χ0n) is 11.3. The van der Waals surface area contributed by atoms with Crippen LogP contribution in [0, 0.1) is 6.92 Å². The van der Waals surface area contributed by atoms with E-state index in [0.29, 0.717) is 5.75 Å². The summed E-state index contributed by atoms with van der Waals surface area (Å²) in [6.45, 7) is 1.85. The summed E-state index contributed by atoms with van der Waals surface area (Å²) >= 11 is 0.858. The molecule has 21 heavy (non-hydrogen) atoms. The van der Waals surface area contributed by atoms with Gasteiger partial charge in [-0.2, -0.15) is 0 Å². The van der Waals surface area contributed by atoms with Crippen LogP contribution in [-0.4, -0.2) is 26.6 Å². The molecule has 0 aliphatic heterocycles. The largest absolute Gasteiger partial charge is 0.495 e. The van der Waals surface area contributed by atoms with Gasteiger partial charge in [-0.3, -0.25) is 4.72 Å². The number of carboxylic acid groups (broad SMARTS) is 1. The Kier molecular flexibility index (Phi) is 4.19. The first kappa shape index (κ1) is 15.3. The highest BCUT2D eigenvalue weighted by atomic mass is 32.2. The Morgan fingerprint density at radius 2 is 2.05 bits per heavy atom. The molecule has 0 amide bonds. The monoisotopic (exact) mass is 327 g/mol. The molecular weight excluding hydrogens is 314 g/mol. The van der Waals surface area contributed by atoms with Gasteiger partial charge in [-0.05, 0) is 36.1 Å². The topological polar surface area (TPSA) is 92.7 Å². The van der Waals surface area contributed by atoms with E-state index in [9.17, 15) is 13.2 Å². The molecule has 0 saturated heterocycles. The van der Waals surface area contributed by atoms with Gasteiger partial charge in [0.25, 0.3) is 10.0 Å². The van der Waals surface area contributed by atoms with Gasteiger partial charge in [0.15, 0.2) is 0 Å². The third-order valence-corrected chi connectivity index (χ3v) is 5.15. The molecule has 8 heteroatoms. The Labute approximate surface area is 126 Å². The van der Waals surface area contributed by atoms with Crippen molar-refractivity contribution in [1.29, 1.82) is 0 Å². The molecule has 1 aromatic carbocycles. The van der Waals surface area contributed by atoms with Crippen LogP contribution < -0.4 is 9.46 Å². The van der Waals surface area contributed by atoms with Crippen molar-refractivity contribution in [3.05, 3.63) is 40.1 Å². The Balaban J connectivity index is 2.42. The maximum atomic E-state index is 12.3. The van der Waals surface area contributed by atoms with Crippen molar-refractivity contribution < 1.29 is 23.1 Å². The van der Waals surface area contributed by atoms with Crippen LogP contribution in [-0.2, 0) is 10.0 Å². The quantitative estimate of drug-likeness (QED) is 0.880. The van der Waals surface area contributed by atoms with Crippen LogP contribution in [0.3, 0.4) is 0 Å². The maximum Gasteiger partial charge on any atom is 0.347 e. The summed E-state index contributed by atoms with van der Waals surface area (Å²) in [7, 11) is -2.56. The number of aromatic carboxylic acids is 1. The van der Waals surface area contributed by atoms with Gasteiger partial charge >= 0.3 is 5.97 Å². The second-order valence-electron chi connectivity index (χ2n) is 4.23. The number of sulfonamides is 1. The van der Waals surface area contributed by atoms with Crippen molar-refractivity contribution in [2.45, 2.75) is 11.8 Å². The normalized spacial score (nSPS) is 11.1. The fraction of sp³-hybridized carbons (Fsp3) is 0.154. The van der Waals surface area contributed by atoms with E-state index in [4.69, 9.17) is 9.84 Å². The van der Waals surface area contributed by atoms with Gasteiger partial charge < -0.3 is 9.84 Å². The highest BCUT2D eigenvalue weighted by Gasteiger charge is 2.24. The highest BCUT2D eigenvalue weighted by Crippen LogP contribution is 2.30. The lowest BCUT2D eigenvalue weighted by molar-refractivity contribution is 0.0698. The number of thiophene rings is 1. The molecule has 0 aliphatic carbocycles. The number of anilines is 1. The molecule has 2 rings (SSSR count). The summed E-state index contributed by atoms with van der Waals surface area (Å²) in [5.74, 6) is -0.910. The predicted octanol–water partition coefficient (Wildman–Crippen LogP) is 2.56. The summed E-state index contributed by atoms with van der Waals surface area (Å²) in [6, 6.07) is 6.24. The van der Waals surface area contributed by atoms with Crippen molar-refractivity contribution in [2.75, 3.05) is 11.8 Å². The number of rotatable bonds is 5. The Bertz CT molecular complexity index is 780. The first-order valence-corrected chi connectivity index (χ1v) is 8.19. The number of carboxylic acids is 1. The van der Waals surface area contributed by atoms with Crippen LogP contribution in [0.15, 0.2) is 34.5 Å². The fourth-order valence-corrected chi connectivity index (χ4v) is 4.08. The fourth-order valence-electron chi connectivity index (χ4n) is 1.75. The lowest BCUT2D eigenvalue weighted by Crippen LogP contribution is -2.15. The van der Waals surface area contributed by atoms with Crippen LogP contribution in [0.25, 0.3) is 0 Å². The van der Waals surface area contributed by atoms with Crippen LogP contribution >= 0.6 is 11.3 Å². The van der Waals surface area contributed by atoms with E-state index in [1.54, 1.807) is 18.2 Å². The van der Waals surface area contributed by atoms with E-state index in [0.717, 1.165) is 16.9 Å². The van der Waals surface area contributed by atoms with Crippen molar-refractivity contribution in [2.24, 2.45) is 0 Å². The molecular formula is C13H13NO5S2. The molecule has 1 heterocycles. The number of hydrogen-bond donors (Lipinski definition) is 2. The Hall–Kier alpha value is -2.06. The SMILES string of the molecule is COc1cc(C)ccc1NS(=O)(=O)c1ccsc1C(=O)O. The molecule has 0 radical (unpaired) electrons. The Morgan fingerprint density at radius 3 is 2.67 bits per heavy atom. The molecule has 2 aromatic rings. The van der Waals surface area contributed by atoms with Gasteiger partial charge in [-0.15, -0.1) is 11.3 Å². The molecule has 0 spiro atoms. The van der Waals surface area contributed by atoms with Crippen molar-refractivity contribution >= 4 is 33.0 Å². The highest BCUT2D eigenvalue weighted by molar-refractivity contribution is 7.93. The molecule has 0 fully saturated rings. The first-order chi connectivity index (χ1) is 9.85. The van der Waals surface area contributed by atoms with Gasteiger partial charge in [-0.1, -0.05) is 6.07 Å². The van der Waals surface area contributed by atoms with Gasteiger partial charge in [0.05, 0.1) is 12.8 Å². The second kappa shape index (κ2) is 5.74. The molecule has 0 aliphatic rings. The summed E-state index contributed by atoms with van der Waals surface area (Å²) in [5, 5.41) is 10.4.